The van der Waals surface area contributed by atoms with Crippen LogP contribution in [0.2, 0.25) is 0 Å². The fraction of sp³-hybridized carbons (Fsp3) is 0.478. The van der Waals surface area contributed by atoms with Crippen molar-refractivity contribution in [2.24, 2.45) is 0 Å². The molecular formula is C23H29N3O3. The average molecular weight is 396 g/mol. The molecule has 2 aliphatic rings. The van der Waals surface area contributed by atoms with Crippen molar-refractivity contribution >= 4 is 5.91 Å². The highest BCUT2D eigenvalue weighted by Gasteiger charge is 2.23. The number of piperidine rings is 1. The first-order valence-electron chi connectivity index (χ1n) is 10.6. The van der Waals surface area contributed by atoms with Gasteiger partial charge in [0.05, 0.1) is 17.4 Å². The number of rotatable bonds is 7. The first-order valence-corrected chi connectivity index (χ1v) is 10.6. The Balaban J connectivity index is 1.29. The van der Waals surface area contributed by atoms with Gasteiger partial charge in [0.1, 0.15) is 11.9 Å². The minimum atomic E-state index is -0.0938. The SMILES string of the molecule is O=C(NCC1CCCO1)c1ccccc1OC1CCN(Cc2ccccn2)CC1. The van der Waals surface area contributed by atoms with Crippen LogP contribution in [-0.4, -0.2) is 54.2 Å². The molecule has 1 N–H and O–H groups in total. The van der Waals surface area contributed by atoms with Gasteiger partial charge in [-0.15, -0.1) is 0 Å². The summed E-state index contributed by atoms with van der Waals surface area (Å²) in [5.74, 6) is 0.573. The molecule has 1 amide bonds. The zero-order valence-electron chi connectivity index (χ0n) is 16.8. The van der Waals surface area contributed by atoms with Crippen LogP contribution in [0.1, 0.15) is 41.7 Å². The van der Waals surface area contributed by atoms with Gasteiger partial charge in [-0.25, -0.2) is 0 Å². The van der Waals surface area contributed by atoms with Gasteiger partial charge in [-0.2, -0.15) is 0 Å². The summed E-state index contributed by atoms with van der Waals surface area (Å²) in [5, 5.41) is 2.99. The van der Waals surface area contributed by atoms with Crippen molar-refractivity contribution in [1.29, 1.82) is 0 Å². The lowest BCUT2D eigenvalue weighted by Crippen LogP contribution is -2.38. The second-order valence-electron chi connectivity index (χ2n) is 7.76. The summed E-state index contributed by atoms with van der Waals surface area (Å²) < 4.78 is 11.8. The highest BCUT2D eigenvalue weighted by molar-refractivity contribution is 5.96. The number of pyridine rings is 1. The second kappa shape index (κ2) is 9.85. The highest BCUT2D eigenvalue weighted by atomic mass is 16.5. The molecule has 6 heteroatoms. The zero-order valence-corrected chi connectivity index (χ0v) is 16.8. The number of nitrogens with one attached hydrogen (secondary N) is 1. The third-order valence-electron chi connectivity index (χ3n) is 5.59. The molecule has 0 bridgehead atoms. The van der Waals surface area contributed by atoms with Gasteiger partial charge in [-0.05, 0) is 49.9 Å². The molecule has 3 heterocycles. The highest BCUT2D eigenvalue weighted by Crippen LogP contribution is 2.24. The van der Waals surface area contributed by atoms with E-state index in [9.17, 15) is 4.79 Å². The molecule has 2 saturated heterocycles. The number of carbonyl (C=O) groups is 1. The second-order valence-corrected chi connectivity index (χ2v) is 7.76. The van der Waals surface area contributed by atoms with Gasteiger partial charge < -0.3 is 14.8 Å². The Morgan fingerprint density at radius 3 is 2.72 bits per heavy atom. The number of para-hydroxylation sites is 1. The van der Waals surface area contributed by atoms with Gasteiger partial charge in [0.2, 0.25) is 0 Å². The van der Waals surface area contributed by atoms with Crippen LogP contribution < -0.4 is 10.1 Å². The minimum Gasteiger partial charge on any atom is -0.489 e. The molecule has 2 fully saturated rings. The van der Waals surface area contributed by atoms with Crippen molar-refractivity contribution in [2.45, 2.75) is 44.4 Å². The largest absolute Gasteiger partial charge is 0.489 e. The fourth-order valence-electron chi connectivity index (χ4n) is 3.95. The van der Waals surface area contributed by atoms with Crippen molar-refractivity contribution in [3.8, 4) is 5.75 Å². The molecule has 29 heavy (non-hydrogen) atoms. The van der Waals surface area contributed by atoms with Crippen LogP contribution in [0.15, 0.2) is 48.7 Å². The summed E-state index contributed by atoms with van der Waals surface area (Å²) >= 11 is 0. The average Bonchev–Trinajstić information content (AvgIpc) is 3.28. The Bertz CT molecular complexity index is 785. The Morgan fingerprint density at radius 2 is 1.97 bits per heavy atom. The molecular weight excluding hydrogens is 366 g/mol. The van der Waals surface area contributed by atoms with Crippen LogP contribution in [0.4, 0.5) is 0 Å². The van der Waals surface area contributed by atoms with Crippen molar-refractivity contribution in [3.05, 3.63) is 59.9 Å². The molecule has 0 radical (unpaired) electrons. The van der Waals surface area contributed by atoms with Gasteiger partial charge in [0, 0.05) is 39.0 Å². The lowest BCUT2D eigenvalue weighted by Gasteiger charge is -2.32. The molecule has 1 atom stereocenters. The van der Waals surface area contributed by atoms with Crippen molar-refractivity contribution in [2.75, 3.05) is 26.2 Å². The third-order valence-corrected chi connectivity index (χ3v) is 5.59. The van der Waals surface area contributed by atoms with Crippen LogP contribution in [0.5, 0.6) is 5.75 Å². The minimum absolute atomic E-state index is 0.0938. The summed E-state index contributed by atoms with van der Waals surface area (Å²) in [6.07, 6.45) is 6.07. The number of hydrogen-bond acceptors (Lipinski definition) is 5. The summed E-state index contributed by atoms with van der Waals surface area (Å²) in [6, 6.07) is 13.5. The summed E-state index contributed by atoms with van der Waals surface area (Å²) in [4.78, 5) is 19.5. The number of hydrogen-bond donors (Lipinski definition) is 1. The smallest absolute Gasteiger partial charge is 0.255 e. The lowest BCUT2D eigenvalue weighted by molar-refractivity contribution is 0.0827. The quantitative estimate of drug-likeness (QED) is 0.781. The number of likely N-dealkylation sites (tertiary alicyclic amines) is 1. The van der Waals surface area contributed by atoms with Crippen LogP contribution in [0.3, 0.4) is 0 Å². The number of amides is 1. The number of carbonyl (C=O) groups excluding carboxylic acids is 1. The zero-order chi connectivity index (χ0) is 19.9. The lowest BCUT2D eigenvalue weighted by atomic mass is 10.1. The normalized spacial score (nSPS) is 20.5. The van der Waals surface area contributed by atoms with Crippen molar-refractivity contribution in [1.82, 2.24) is 15.2 Å². The van der Waals surface area contributed by atoms with E-state index in [0.717, 1.165) is 57.6 Å². The van der Waals surface area contributed by atoms with Crippen LogP contribution in [0, 0.1) is 0 Å². The molecule has 0 spiro atoms. The van der Waals surface area contributed by atoms with E-state index in [1.165, 1.54) is 0 Å². The van der Waals surface area contributed by atoms with Crippen LogP contribution in [-0.2, 0) is 11.3 Å². The molecule has 1 aromatic heterocycles. The van der Waals surface area contributed by atoms with E-state index >= 15 is 0 Å². The van der Waals surface area contributed by atoms with Crippen molar-refractivity contribution in [3.63, 3.8) is 0 Å². The molecule has 0 saturated carbocycles. The van der Waals surface area contributed by atoms with E-state index in [1.54, 1.807) is 0 Å². The first-order chi connectivity index (χ1) is 14.3. The maximum atomic E-state index is 12.7. The molecule has 2 aliphatic heterocycles. The van der Waals surface area contributed by atoms with Gasteiger partial charge in [-0.1, -0.05) is 18.2 Å². The molecule has 0 aliphatic carbocycles. The molecule has 154 valence electrons. The predicted octanol–water partition coefficient (Wildman–Crippen LogP) is 3.03. The van der Waals surface area contributed by atoms with E-state index in [0.29, 0.717) is 17.9 Å². The van der Waals surface area contributed by atoms with Crippen LogP contribution in [0.25, 0.3) is 0 Å². The Kier molecular flexibility index (Phi) is 6.75. The summed E-state index contributed by atoms with van der Waals surface area (Å²) in [6.45, 7) is 4.15. The number of ether oxygens (including phenoxy) is 2. The van der Waals surface area contributed by atoms with Crippen LogP contribution >= 0.6 is 0 Å². The topological polar surface area (TPSA) is 63.7 Å². The first kappa shape index (κ1) is 19.9. The fourth-order valence-corrected chi connectivity index (χ4v) is 3.95. The molecule has 4 rings (SSSR count). The van der Waals surface area contributed by atoms with E-state index < -0.39 is 0 Å². The summed E-state index contributed by atoms with van der Waals surface area (Å²) in [7, 11) is 0. The van der Waals surface area contributed by atoms with E-state index in [4.69, 9.17) is 9.47 Å². The van der Waals surface area contributed by atoms with Gasteiger partial charge in [0.25, 0.3) is 5.91 Å². The Morgan fingerprint density at radius 1 is 1.14 bits per heavy atom. The number of aromatic nitrogens is 1. The Labute approximate surface area is 172 Å². The van der Waals surface area contributed by atoms with Gasteiger partial charge in [0.15, 0.2) is 0 Å². The predicted molar refractivity (Wildman–Crippen MR) is 111 cm³/mol. The standard InChI is InChI=1S/C23H29N3O3/c27-23(25-16-20-7-5-15-28-20)21-8-1-2-9-22(21)29-19-10-13-26(14-11-19)17-18-6-3-4-12-24-18/h1-4,6,8-9,12,19-20H,5,7,10-11,13-17H2,(H,25,27). The molecule has 6 nitrogen and oxygen atoms in total. The van der Waals surface area contributed by atoms with Gasteiger partial charge >= 0.3 is 0 Å². The van der Waals surface area contributed by atoms with Crippen molar-refractivity contribution < 1.29 is 14.3 Å². The molecule has 2 aromatic rings. The monoisotopic (exact) mass is 395 g/mol. The Hall–Kier alpha value is -2.44. The van der Waals surface area contributed by atoms with Gasteiger partial charge in [-0.3, -0.25) is 14.7 Å². The third kappa shape index (κ3) is 5.55. The molecule has 1 aromatic carbocycles. The van der Waals surface area contributed by atoms with E-state index in [1.807, 2.05) is 42.6 Å². The van der Waals surface area contributed by atoms with E-state index in [-0.39, 0.29) is 18.1 Å². The van der Waals surface area contributed by atoms with E-state index in [2.05, 4.69) is 21.3 Å². The number of benzene rings is 1. The maximum absolute atomic E-state index is 12.7. The number of nitrogens with zero attached hydrogens (tertiary/aromatic N) is 2. The summed E-state index contributed by atoms with van der Waals surface area (Å²) in [5.41, 5.74) is 1.70. The maximum Gasteiger partial charge on any atom is 0.255 e. The molecule has 1 unspecified atom stereocenters.